The van der Waals surface area contributed by atoms with E-state index in [0.717, 1.165) is 18.5 Å². The van der Waals surface area contributed by atoms with Crippen LogP contribution in [0.15, 0.2) is 36.7 Å². The van der Waals surface area contributed by atoms with E-state index in [2.05, 4.69) is 9.97 Å². The van der Waals surface area contributed by atoms with Crippen molar-refractivity contribution in [2.45, 2.75) is 38.1 Å². The van der Waals surface area contributed by atoms with Crippen LogP contribution in [-0.2, 0) is 4.79 Å². The molecule has 7 heteroatoms. The predicted molar refractivity (Wildman–Crippen MR) is 95.3 cm³/mol. The number of amides is 1. The van der Waals surface area contributed by atoms with E-state index >= 15 is 0 Å². The minimum Gasteiger partial charge on any atom is -0.434 e. The van der Waals surface area contributed by atoms with Crippen LogP contribution in [-0.4, -0.2) is 39.4 Å². The number of ether oxygens (including phenoxy) is 1. The Kier molecular flexibility index (Phi) is 5.18. The molecule has 1 aromatic carbocycles. The summed E-state index contributed by atoms with van der Waals surface area (Å²) in [6, 6.07) is 6.14. The lowest BCUT2D eigenvalue weighted by Crippen LogP contribution is -2.53. The zero-order chi connectivity index (χ0) is 18.7. The lowest BCUT2D eigenvalue weighted by atomic mass is 9.93. The smallest absolute Gasteiger partial charge is 0.242 e. The molecule has 1 amide bonds. The summed E-state index contributed by atoms with van der Waals surface area (Å²) >= 11 is 0. The number of halogens is 1. The molecule has 3 rings (SSSR count). The van der Waals surface area contributed by atoms with Crippen LogP contribution in [0.5, 0.6) is 11.6 Å². The van der Waals surface area contributed by atoms with Gasteiger partial charge in [0.2, 0.25) is 11.8 Å². The first-order valence-corrected chi connectivity index (χ1v) is 8.67. The van der Waals surface area contributed by atoms with Crippen molar-refractivity contribution >= 4 is 5.91 Å². The van der Waals surface area contributed by atoms with Crippen LogP contribution in [0.2, 0.25) is 0 Å². The first-order valence-electron chi connectivity index (χ1n) is 8.67. The Hall–Kier alpha value is -2.54. The third-order valence-electron chi connectivity index (χ3n) is 4.36. The van der Waals surface area contributed by atoms with Crippen molar-refractivity contribution in [3.8, 4) is 11.6 Å². The van der Waals surface area contributed by atoms with Crippen molar-refractivity contribution in [3.05, 3.63) is 48.2 Å². The topological polar surface area (TPSA) is 81.3 Å². The fourth-order valence-corrected chi connectivity index (χ4v) is 3.06. The zero-order valence-electron chi connectivity index (χ0n) is 15.0. The molecule has 1 aromatic heterocycles. The van der Waals surface area contributed by atoms with E-state index < -0.39 is 11.4 Å². The number of hydrogen-bond acceptors (Lipinski definition) is 5. The maximum atomic E-state index is 13.8. The van der Waals surface area contributed by atoms with E-state index in [9.17, 15) is 9.18 Å². The molecule has 2 heterocycles. The second kappa shape index (κ2) is 7.37. The maximum Gasteiger partial charge on any atom is 0.242 e. The molecular formula is C19H23FN4O2. The normalized spacial score (nSPS) is 17.8. The number of benzene rings is 1. The largest absolute Gasteiger partial charge is 0.434 e. The van der Waals surface area contributed by atoms with Gasteiger partial charge >= 0.3 is 0 Å². The zero-order valence-corrected chi connectivity index (χ0v) is 15.0. The number of carbonyl (C=O) groups excluding carboxylic acids is 1. The van der Waals surface area contributed by atoms with Crippen molar-refractivity contribution < 1.29 is 13.9 Å². The average Bonchev–Trinajstić information content (AvgIpc) is 2.63. The number of para-hydroxylation sites is 1. The van der Waals surface area contributed by atoms with Gasteiger partial charge in [-0.05, 0) is 38.8 Å². The van der Waals surface area contributed by atoms with Crippen LogP contribution in [0.1, 0.15) is 38.3 Å². The third kappa shape index (κ3) is 4.16. The molecule has 2 N–H and O–H groups in total. The Morgan fingerprint density at radius 3 is 2.85 bits per heavy atom. The molecule has 0 saturated carbocycles. The van der Waals surface area contributed by atoms with Gasteiger partial charge in [0, 0.05) is 25.2 Å². The van der Waals surface area contributed by atoms with Crippen molar-refractivity contribution in [1.29, 1.82) is 0 Å². The summed E-state index contributed by atoms with van der Waals surface area (Å²) in [5, 5.41) is 0. The van der Waals surface area contributed by atoms with Crippen LogP contribution in [0.25, 0.3) is 0 Å². The quantitative estimate of drug-likeness (QED) is 0.909. The van der Waals surface area contributed by atoms with Crippen molar-refractivity contribution in [2.75, 3.05) is 13.1 Å². The molecule has 1 atom stereocenters. The minimum atomic E-state index is -0.899. The number of nitrogens with two attached hydrogens (primary N) is 1. The monoisotopic (exact) mass is 358 g/mol. The van der Waals surface area contributed by atoms with Crippen LogP contribution in [0.3, 0.4) is 0 Å². The molecule has 6 nitrogen and oxygen atoms in total. The maximum absolute atomic E-state index is 13.8. The molecule has 2 aromatic rings. The Balaban J connectivity index is 1.75. The van der Waals surface area contributed by atoms with Crippen LogP contribution in [0.4, 0.5) is 4.39 Å². The highest BCUT2D eigenvalue weighted by Crippen LogP contribution is 2.28. The molecule has 1 saturated heterocycles. The van der Waals surface area contributed by atoms with Crippen LogP contribution >= 0.6 is 0 Å². The third-order valence-corrected chi connectivity index (χ3v) is 4.36. The van der Waals surface area contributed by atoms with E-state index in [1.165, 1.54) is 18.3 Å². The summed E-state index contributed by atoms with van der Waals surface area (Å²) in [5.74, 6) is -0.153. The molecular weight excluding hydrogens is 335 g/mol. The summed E-state index contributed by atoms with van der Waals surface area (Å²) in [7, 11) is 0. The van der Waals surface area contributed by atoms with Gasteiger partial charge in [0.25, 0.3) is 0 Å². The SMILES string of the molecule is CC(C)(N)C(=O)N1CCCC(c2cncc(Oc3ccccc3F)n2)C1. The molecule has 1 fully saturated rings. The number of nitrogens with zero attached hydrogens (tertiary/aromatic N) is 3. The first-order chi connectivity index (χ1) is 12.3. The highest BCUT2D eigenvalue weighted by atomic mass is 19.1. The standard InChI is InChI=1S/C19H23FN4O2/c1-19(2,21)18(25)24-9-5-6-13(12-24)15-10-22-11-17(23-15)26-16-8-4-3-7-14(16)20/h3-4,7-8,10-11,13H,5-6,9,12,21H2,1-2H3. The predicted octanol–water partition coefficient (Wildman–Crippen LogP) is 2.85. The fraction of sp³-hybridized carbons (Fsp3) is 0.421. The number of hydrogen-bond donors (Lipinski definition) is 1. The Labute approximate surface area is 152 Å². The van der Waals surface area contributed by atoms with Gasteiger partial charge < -0.3 is 15.4 Å². The van der Waals surface area contributed by atoms with Crippen molar-refractivity contribution in [3.63, 3.8) is 0 Å². The molecule has 26 heavy (non-hydrogen) atoms. The number of piperidine rings is 1. The molecule has 0 aliphatic carbocycles. The summed E-state index contributed by atoms with van der Waals surface area (Å²) < 4.78 is 19.3. The molecule has 0 spiro atoms. The summed E-state index contributed by atoms with van der Waals surface area (Å²) in [6.45, 7) is 4.65. The minimum absolute atomic E-state index is 0.0479. The number of likely N-dealkylation sites (tertiary alicyclic amines) is 1. The van der Waals surface area contributed by atoms with Crippen molar-refractivity contribution in [2.24, 2.45) is 5.73 Å². The van der Waals surface area contributed by atoms with Crippen LogP contribution in [0, 0.1) is 5.82 Å². The van der Waals surface area contributed by atoms with Gasteiger partial charge in [-0.2, -0.15) is 0 Å². The number of aromatic nitrogens is 2. The van der Waals surface area contributed by atoms with E-state index in [4.69, 9.17) is 10.5 Å². The van der Waals surface area contributed by atoms with Gasteiger partial charge in [0.15, 0.2) is 11.6 Å². The Morgan fingerprint density at radius 1 is 1.35 bits per heavy atom. The molecule has 0 bridgehead atoms. The fourth-order valence-electron chi connectivity index (χ4n) is 3.06. The van der Waals surface area contributed by atoms with Gasteiger partial charge in [-0.25, -0.2) is 9.37 Å². The molecule has 1 unspecified atom stereocenters. The summed E-state index contributed by atoms with van der Waals surface area (Å²) in [6.07, 6.45) is 4.88. The number of rotatable bonds is 4. The van der Waals surface area contributed by atoms with Crippen LogP contribution < -0.4 is 10.5 Å². The second-order valence-corrected chi connectivity index (χ2v) is 7.13. The van der Waals surface area contributed by atoms with Crippen molar-refractivity contribution in [1.82, 2.24) is 14.9 Å². The lowest BCUT2D eigenvalue weighted by molar-refractivity contribution is -0.137. The van der Waals surface area contributed by atoms with Gasteiger partial charge in [0.05, 0.1) is 17.4 Å². The van der Waals surface area contributed by atoms with E-state index in [1.54, 1.807) is 37.1 Å². The lowest BCUT2D eigenvalue weighted by Gasteiger charge is -2.36. The van der Waals surface area contributed by atoms with Gasteiger partial charge in [0.1, 0.15) is 0 Å². The highest BCUT2D eigenvalue weighted by molar-refractivity contribution is 5.85. The Morgan fingerprint density at radius 2 is 2.12 bits per heavy atom. The molecule has 1 aliphatic heterocycles. The van der Waals surface area contributed by atoms with E-state index in [0.29, 0.717) is 13.1 Å². The molecule has 1 aliphatic rings. The van der Waals surface area contributed by atoms with E-state index in [1.807, 2.05) is 0 Å². The van der Waals surface area contributed by atoms with Gasteiger partial charge in [-0.15, -0.1) is 0 Å². The van der Waals surface area contributed by atoms with Gasteiger partial charge in [-0.1, -0.05) is 12.1 Å². The number of carbonyl (C=O) groups is 1. The van der Waals surface area contributed by atoms with E-state index in [-0.39, 0.29) is 23.5 Å². The second-order valence-electron chi connectivity index (χ2n) is 7.13. The first kappa shape index (κ1) is 18.3. The summed E-state index contributed by atoms with van der Waals surface area (Å²) in [4.78, 5) is 22.9. The molecule has 138 valence electrons. The van der Waals surface area contributed by atoms with Gasteiger partial charge in [-0.3, -0.25) is 9.78 Å². The Bertz CT molecular complexity index is 791. The highest BCUT2D eigenvalue weighted by Gasteiger charge is 2.32. The summed E-state index contributed by atoms with van der Waals surface area (Å²) in [5.41, 5.74) is 5.77. The molecule has 0 radical (unpaired) electrons. The average molecular weight is 358 g/mol.